The van der Waals surface area contributed by atoms with Crippen LogP contribution in [0.5, 0.6) is 0 Å². The molecular weight excluding hydrogens is 293 g/mol. The molecular formula is C14H16FN3O2S. The largest absolute Gasteiger partial charge is 0.378 e. The Morgan fingerprint density at radius 3 is 2.76 bits per heavy atom. The molecule has 2 aromatic rings. The van der Waals surface area contributed by atoms with E-state index in [9.17, 15) is 14.5 Å². The van der Waals surface area contributed by atoms with Crippen LogP contribution in [0.3, 0.4) is 0 Å². The Bertz CT molecular complexity index is 617. The first-order valence-corrected chi connectivity index (χ1v) is 7.24. The van der Waals surface area contributed by atoms with Gasteiger partial charge in [-0.1, -0.05) is 6.07 Å². The third kappa shape index (κ3) is 3.77. The van der Waals surface area contributed by atoms with Gasteiger partial charge in [-0.15, -0.1) is 11.3 Å². The van der Waals surface area contributed by atoms with E-state index in [0.29, 0.717) is 12.2 Å². The number of nitrogens with one attached hydrogen (secondary N) is 1. The molecule has 1 heterocycles. The minimum atomic E-state index is -0.616. The molecule has 0 amide bonds. The summed E-state index contributed by atoms with van der Waals surface area (Å²) in [6, 6.07) is 7.62. The van der Waals surface area contributed by atoms with Gasteiger partial charge in [0.2, 0.25) is 0 Å². The number of halogens is 1. The van der Waals surface area contributed by atoms with Crippen LogP contribution in [-0.2, 0) is 0 Å². The van der Waals surface area contributed by atoms with Crippen LogP contribution in [0.4, 0.5) is 15.8 Å². The molecule has 0 fully saturated rings. The summed E-state index contributed by atoms with van der Waals surface area (Å²) in [4.78, 5) is 13.6. The van der Waals surface area contributed by atoms with E-state index in [1.807, 2.05) is 36.5 Å². The number of nitro groups is 1. The summed E-state index contributed by atoms with van der Waals surface area (Å²) in [6.45, 7) is 0.500. The predicted molar refractivity (Wildman–Crippen MR) is 82.3 cm³/mol. The Balaban J connectivity index is 2.16. The van der Waals surface area contributed by atoms with Gasteiger partial charge in [0.25, 0.3) is 5.69 Å². The molecule has 0 spiro atoms. The molecule has 0 radical (unpaired) electrons. The van der Waals surface area contributed by atoms with Gasteiger partial charge in [-0.05, 0) is 37.7 Å². The Morgan fingerprint density at radius 2 is 2.19 bits per heavy atom. The molecule has 0 saturated heterocycles. The van der Waals surface area contributed by atoms with Crippen molar-refractivity contribution in [2.24, 2.45) is 0 Å². The van der Waals surface area contributed by atoms with Crippen molar-refractivity contribution in [1.82, 2.24) is 4.90 Å². The average molecular weight is 309 g/mol. The van der Waals surface area contributed by atoms with Gasteiger partial charge in [-0.25, -0.2) is 4.39 Å². The molecule has 0 aliphatic heterocycles. The Hall–Kier alpha value is -1.99. The third-order valence-electron chi connectivity index (χ3n) is 3.14. The normalized spacial score (nSPS) is 12.4. The van der Waals surface area contributed by atoms with Gasteiger partial charge in [0.1, 0.15) is 11.5 Å². The number of thiophene rings is 1. The topological polar surface area (TPSA) is 58.4 Å². The van der Waals surface area contributed by atoms with Gasteiger partial charge in [0.15, 0.2) is 0 Å². The zero-order valence-corrected chi connectivity index (χ0v) is 12.6. The number of anilines is 1. The summed E-state index contributed by atoms with van der Waals surface area (Å²) in [5.41, 5.74) is 0.0727. The molecule has 21 heavy (non-hydrogen) atoms. The van der Waals surface area contributed by atoms with E-state index < -0.39 is 10.7 Å². The van der Waals surface area contributed by atoms with E-state index in [1.54, 1.807) is 11.3 Å². The first-order chi connectivity index (χ1) is 9.99. The fourth-order valence-electron chi connectivity index (χ4n) is 2.03. The highest BCUT2D eigenvalue weighted by Gasteiger charge is 2.19. The van der Waals surface area contributed by atoms with Crippen LogP contribution in [0.2, 0.25) is 0 Å². The summed E-state index contributed by atoms with van der Waals surface area (Å²) < 4.78 is 13.1. The summed E-state index contributed by atoms with van der Waals surface area (Å²) >= 11 is 1.63. The number of hydrogen-bond acceptors (Lipinski definition) is 5. The molecule has 1 atom stereocenters. The fraction of sp³-hybridized carbons (Fsp3) is 0.286. The van der Waals surface area contributed by atoms with Crippen LogP contribution in [0.25, 0.3) is 0 Å². The maximum Gasteiger partial charge on any atom is 0.295 e. The molecule has 1 N–H and O–H groups in total. The molecule has 5 nitrogen and oxygen atoms in total. The van der Waals surface area contributed by atoms with Crippen molar-refractivity contribution >= 4 is 22.7 Å². The lowest BCUT2D eigenvalue weighted by Crippen LogP contribution is -2.26. The van der Waals surface area contributed by atoms with Crippen LogP contribution in [-0.4, -0.2) is 30.5 Å². The molecule has 7 heteroatoms. The number of rotatable bonds is 6. The highest BCUT2D eigenvalue weighted by Crippen LogP contribution is 2.28. The lowest BCUT2D eigenvalue weighted by Gasteiger charge is -2.24. The fourth-order valence-corrected chi connectivity index (χ4v) is 2.95. The van der Waals surface area contributed by atoms with Crippen molar-refractivity contribution < 1.29 is 9.31 Å². The van der Waals surface area contributed by atoms with E-state index in [0.717, 1.165) is 10.9 Å². The molecule has 1 unspecified atom stereocenters. The van der Waals surface area contributed by atoms with Gasteiger partial charge < -0.3 is 10.2 Å². The molecule has 0 bridgehead atoms. The van der Waals surface area contributed by atoms with Crippen LogP contribution < -0.4 is 5.32 Å². The third-order valence-corrected chi connectivity index (χ3v) is 4.11. The first kappa shape index (κ1) is 15.4. The highest BCUT2D eigenvalue weighted by molar-refractivity contribution is 7.10. The second kappa shape index (κ2) is 6.64. The quantitative estimate of drug-likeness (QED) is 0.655. The number of nitro benzene ring substituents is 1. The smallest absolute Gasteiger partial charge is 0.295 e. The second-order valence-corrected chi connectivity index (χ2v) is 5.77. The summed E-state index contributed by atoms with van der Waals surface area (Å²) in [5.74, 6) is -0.616. The molecule has 0 aliphatic carbocycles. The van der Waals surface area contributed by atoms with Gasteiger partial charge in [0.05, 0.1) is 17.0 Å². The van der Waals surface area contributed by atoms with Gasteiger partial charge in [-0.2, -0.15) is 0 Å². The summed E-state index contributed by atoms with van der Waals surface area (Å²) in [6.07, 6.45) is 0. The van der Waals surface area contributed by atoms with Crippen molar-refractivity contribution in [2.45, 2.75) is 6.04 Å². The number of nitrogens with zero attached hydrogens (tertiary/aromatic N) is 2. The monoisotopic (exact) mass is 309 g/mol. The standard InChI is InChI=1S/C14H16FN3O2S/c1-17(2)13(14-4-3-7-21-14)9-16-11-6-5-10(15)8-12(11)18(19)20/h3-8,13,16H,9H2,1-2H3. The molecule has 112 valence electrons. The Morgan fingerprint density at radius 1 is 1.43 bits per heavy atom. The number of benzene rings is 1. The lowest BCUT2D eigenvalue weighted by molar-refractivity contribution is -0.384. The highest BCUT2D eigenvalue weighted by atomic mass is 32.1. The number of likely N-dealkylation sites (N-methyl/N-ethyl adjacent to an activating group) is 1. The number of hydrogen-bond donors (Lipinski definition) is 1. The van der Waals surface area contributed by atoms with E-state index in [1.165, 1.54) is 12.1 Å². The Labute approximate surface area is 126 Å². The minimum Gasteiger partial charge on any atom is -0.378 e. The lowest BCUT2D eigenvalue weighted by atomic mass is 10.2. The van der Waals surface area contributed by atoms with E-state index in [-0.39, 0.29) is 11.7 Å². The van der Waals surface area contributed by atoms with Crippen LogP contribution >= 0.6 is 11.3 Å². The van der Waals surface area contributed by atoms with Crippen LogP contribution in [0, 0.1) is 15.9 Å². The molecule has 1 aromatic heterocycles. The van der Waals surface area contributed by atoms with Crippen molar-refractivity contribution in [2.75, 3.05) is 26.0 Å². The minimum absolute atomic E-state index is 0.0923. The molecule has 0 saturated carbocycles. The van der Waals surface area contributed by atoms with Gasteiger partial charge >= 0.3 is 0 Å². The molecule has 0 aliphatic rings. The van der Waals surface area contributed by atoms with E-state index in [4.69, 9.17) is 0 Å². The van der Waals surface area contributed by atoms with Gasteiger partial charge in [-0.3, -0.25) is 10.1 Å². The predicted octanol–water partition coefficient (Wildman–Crippen LogP) is 3.51. The van der Waals surface area contributed by atoms with E-state index >= 15 is 0 Å². The maximum absolute atomic E-state index is 13.1. The molecule has 2 rings (SSSR count). The maximum atomic E-state index is 13.1. The van der Waals surface area contributed by atoms with Crippen molar-refractivity contribution in [3.05, 3.63) is 56.5 Å². The Kier molecular flexibility index (Phi) is 4.87. The first-order valence-electron chi connectivity index (χ1n) is 6.36. The van der Waals surface area contributed by atoms with Crippen molar-refractivity contribution in [3.63, 3.8) is 0 Å². The zero-order valence-electron chi connectivity index (χ0n) is 11.7. The van der Waals surface area contributed by atoms with Gasteiger partial charge in [0, 0.05) is 11.4 Å². The van der Waals surface area contributed by atoms with E-state index in [2.05, 4.69) is 5.32 Å². The van der Waals surface area contributed by atoms with Crippen LogP contribution in [0.15, 0.2) is 35.7 Å². The molecule has 1 aromatic carbocycles. The van der Waals surface area contributed by atoms with Crippen molar-refractivity contribution in [1.29, 1.82) is 0 Å². The van der Waals surface area contributed by atoms with Crippen LogP contribution in [0.1, 0.15) is 10.9 Å². The second-order valence-electron chi connectivity index (χ2n) is 4.79. The summed E-state index contributed by atoms with van der Waals surface area (Å²) in [5, 5.41) is 16.0. The average Bonchev–Trinajstić information content (AvgIpc) is 2.93. The zero-order chi connectivity index (χ0) is 15.4. The SMILES string of the molecule is CN(C)C(CNc1ccc(F)cc1[N+](=O)[O-])c1cccs1. The van der Waals surface area contributed by atoms with Crippen molar-refractivity contribution in [3.8, 4) is 0 Å². The summed E-state index contributed by atoms with van der Waals surface area (Å²) in [7, 11) is 3.90.